The fraction of sp³-hybridized carbons (Fsp3) is 0.294. The highest BCUT2D eigenvalue weighted by atomic mass is 35.5. The largest absolute Gasteiger partial charge is 0.364 e. The summed E-state index contributed by atoms with van der Waals surface area (Å²) in [5.74, 6) is -0.541. The lowest BCUT2D eigenvalue weighted by molar-refractivity contribution is 0.553. The zero-order valence-corrected chi connectivity index (χ0v) is 12.5. The first-order valence-corrected chi connectivity index (χ1v) is 7.41. The lowest BCUT2D eigenvalue weighted by atomic mass is 9.96. The fourth-order valence-electron chi connectivity index (χ4n) is 2.87. The minimum absolute atomic E-state index is 0.205. The predicted molar refractivity (Wildman–Crippen MR) is 81.8 cm³/mol. The molecule has 0 saturated heterocycles. The van der Waals surface area contributed by atoms with E-state index in [9.17, 15) is 8.78 Å². The van der Waals surface area contributed by atoms with Crippen LogP contribution in [0, 0.1) is 11.6 Å². The van der Waals surface area contributed by atoms with E-state index in [1.807, 2.05) is 6.07 Å². The second kappa shape index (κ2) is 5.64. The molecule has 1 heterocycles. The summed E-state index contributed by atoms with van der Waals surface area (Å²) in [4.78, 5) is 2.21. The van der Waals surface area contributed by atoms with Gasteiger partial charge < -0.3 is 4.90 Å². The molecular weight excluding hydrogens is 292 g/mol. The van der Waals surface area contributed by atoms with Crippen molar-refractivity contribution < 1.29 is 8.78 Å². The summed E-state index contributed by atoms with van der Waals surface area (Å²) in [7, 11) is 0. The molecule has 1 aliphatic rings. The maximum absolute atomic E-state index is 13.4. The third kappa shape index (κ3) is 2.88. The number of hydrogen-bond donors (Lipinski definition) is 0. The van der Waals surface area contributed by atoms with Crippen molar-refractivity contribution in [1.29, 1.82) is 0 Å². The first-order valence-electron chi connectivity index (χ1n) is 7.03. The van der Waals surface area contributed by atoms with E-state index in [2.05, 4.69) is 11.8 Å². The van der Waals surface area contributed by atoms with E-state index in [1.54, 1.807) is 12.1 Å². The van der Waals surface area contributed by atoms with Crippen molar-refractivity contribution in [3.63, 3.8) is 0 Å². The average molecular weight is 308 g/mol. The van der Waals surface area contributed by atoms with Gasteiger partial charge in [-0.1, -0.05) is 17.7 Å². The number of rotatable bonds is 2. The quantitative estimate of drug-likeness (QED) is 0.758. The predicted octanol–water partition coefficient (Wildman–Crippen LogP) is 4.96. The van der Waals surface area contributed by atoms with Gasteiger partial charge in [-0.3, -0.25) is 0 Å². The zero-order valence-electron chi connectivity index (χ0n) is 11.7. The van der Waals surface area contributed by atoms with Gasteiger partial charge in [0, 0.05) is 23.3 Å². The summed E-state index contributed by atoms with van der Waals surface area (Å²) < 4.78 is 26.5. The van der Waals surface area contributed by atoms with Crippen molar-refractivity contribution >= 4 is 17.3 Å². The third-order valence-corrected chi connectivity index (χ3v) is 4.42. The van der Waals surface area contributed by atoms with Crippen LogP contribution in [-0.4, -0.2) is 6.04 Å². The molecule has 3 rings (SSSR count). The van der Waals surface area contributed by atoms with Crippen LogP contribution in [0.15, 0.2) is 36.4 Å². The van der Waals surface area contributed by atoms with E-state index in [1.165, 1.54) is 18.2 Å². The third-order valence-electron chi connectivity index (χ3n) is 4.07. The highest BCUT2D eigenvalue weighted by Gasteiger charge is 2.24. The molecule has 4 heteroatoms. The topological polar surface area (TPSA) is 3.24 Å². The lowest BCUT2D eigenvalue weighted by Gasteiger charge is -2.37. The standard InChI is InChI=1S/C17H16ClF2N/c1-11-2-3-12-8-14(19)6-7-17(12)21(11)10-13-4-5-15(20)9-16(13)18/h4-9,11H,2-3,10H2,1H3. The Kier molecular flexibility index (Phi) is 3.85. The van der Waals surface area contributed by atoms with E-state index in [0.717, 1.165) is 29.7 Å². The van der Waals surface area contributed by atoms with Crippen molar-refractivity contribution in [3.8, 4) is 0 Å². The zero-order chi connectivity index (χ0) is 15.0. The second-order valence-corrected chi connectivity index (χ2v) is 5.93. The van der Waals surface area contributed by atoms with Crippen molar-refractivity contribution in [3.05, 3.63) is 64.2 Å². The Morgan fingerprint density at radius 3 is 2.62 bits per heavy atom. The van der Waals surface area contributed by atoms with E-state index in [-0.39, 0.29) is 11.6 Å². The molecule has 110 valence electrons. The normalized spacial score (nSPS) is 17.7. The van der Waals surface area contributed by atoms with Gasteiger partial charge in [0.1, 0.15) is 11.6 Å². The van der Waals surface area contributed by atoms with E-state index < -0.39 is 0 Å². The van der Waals surface area contributed by atoms with Crippen LogP contribution >= 0.6 is 11.6 Å². The average Bonchev–Trinajstić information content (AvgIpc) is 2.44. The molecule has 1 nitrogen and oxygen atoms in total. The Labute approximate surface area is 128 Å². The summed E-state index contributed by atoms with van der Waals surface area (Å²) in [5.41, 5.74) is 2.93. The van der Waals surface area contributed by atoms with Gasteiger partial charge in [-0.25, -0.2) is 8.78 Å². The first-order chi connectivity index (χ1) is 10.0. The summed E-state index contributed by atoms with van der Waals surface area (Å²) in [6, 6.07) is 9.69. The van der Waals surface area contributed by atoms with E-state index >= 15 is 0 Å². The molecular formula is C17H16ClF2N. The number of fused-ring (bicyclic) bond motifs is 1. The van der Waals surface area contributed by atoms with Crippen LogP contribution < -0.4 is 4.90 Å². The fourth-order valence-corrected chi connectivity index (χ4v) is 3.09. The molecule has 0 amide bonds. The summed E-state index contributed by atoms with van der Waals surface area (Å²) in [6.45, 7) is 2.74. The Morgan fingerprint density at radius 1 is 1.14 bits per heavy atom. The molecule has 0 aromatic heterocycles. The summed E-state index contributed by atoms with van der Waals surface area (Å²) in [6.07, 6.45) is 1.84. The van der Waals surface area contributed by atoms with Gasteiger partial charge in [0.05, 0.1) is 0 Å². The Hall–Kier alpha value is -1.61. The highest BCUT2D eigenvalue weighted by molar-refractivity contribution is 6.31. The molecule has 21 heavy (non-hydrogen) atoms. The molecule has 1 unspecified atom stereocenters. The first kappa shape index (κ1) is 14.3. The van der Waals surface area contributed by atoms with Crippen molar-refractivity contribution in [1.82, 2.24) is 0 Å². The molecule has 0 saturated carbocycles. The van der Waals surface area contributed by atoms with Crippen LogP contribution in [0.5, 0.6) is 0 Å². The lowest BCUT2D eigenvalue weighted by Crippen LogP contribution is -2.36. The molecule has 0 bridgehead atoms. The Morgan fingerprint density at radius 2 is 1.86 bits per heavy atom. The number of anilines is 1. The maximum Gasteiger partial charge on any atom is 0.124 e. The molecule has 2 aromatic rings. The minimum atomic E-state index is -0.335. The molecule has 0 aliphatic carbocycles. The van der Waals surface area contributed by atoms with Gasteiger partial charge >= 0.3 is 0 Å². The Balaban J connectivity index is 1.94. The molecule has 1 atom stereocenters. The van der Waals surface area contributed by atoms with Gasteiger partial charge in [0.15, 0.2) is 0 Å². The molecule has 1 aliphatic heterocycles. The number of nitrogens with zero attached hydrogens (tertiary/aromatic N) is 1. The maximum atomic E-state index is 13.4. The molecule has 0 spiro atoms. The second-order valence-electron chi connectivity index (χ2n) is 5.52. The van der Waals surface area contributed by atoms with Crippen molar-refractivity contribution in [2.24, 2.45) is 0 Å². The summed E-state index contributed by atoms with van der Waals surface area (Å²) in [5, 5.41) is 0.427. The van der Waals surface area contributed by atoms with Gasteiger partial charge in [-0.2, -0.15) is 0 Å². The monoisotopic (exact) mass is 307 g/mol. The molecule has 0 fully saturated rings. The van der Waals surface area contributed by atoms with Crippen LogP contribution in [0.3, 0.4) is 0 Å². The van der Waals surface area contributed by atoms with Crippen LogP contribution in [0.1, 0.15) is 24.5 Å². The minimum Gasteiger partial charge on any atom is -0.364 e. The van der Waals surface area contributed by atoms with Crippen molar-refractivity contribution in [2.75, 3.05) is 4.90 Å². The summed E-state index contributed by atoms with van der Waals surface area (Å²) >= 11 is 6.12. The van der Waals surface area contributed by atoms with Gasteiger partial charge in [-0.15, -0.1) is 0 Å². The van der Waals surface area contributed by atoms with Crippen LogP contribution in [-0.2, 0) is 13.0 Å². The number of aryl methyl sites for hydroxylation is 1. The van der Waals surface area contributed by atoms with Crippen LogP contribution in [0.25, 0.3) is 0 Å². The van der Waals surface area contributed by atoms with Crippen molar-refractivity contribution in [2.45, 2.75) is 32.4 Å². The molecule has 2 aromatic carbocycles. The Bertz CT molecular complexity index is 672. The van der Waals surface area contributed by atoms with Gasteiger partial charge in [0.25, 0.3) is 0 Å². The number of halogens is 3. The molecule has 0 radical (unpaired) electrons. The smallest absolute Gasteiger partial charge is 0.124 e. The van der Waals surface area contributed by atoms with Crippen LogP contribution in [0.2, 0.25) is 5.02 Å². The van der Waals surface area contributed by atoms with E-state index in [0.29, 0.717) is 17.6 Å². The van der Waals surface area contributed by atoms with Gasteiger partial charge in [-0.05, 0) is 61.2 Å². The number of hydrogen-bond acceptors (Lipinski definition) is 1. The highest BCUT2D eigenvalue weighted by Crippen LogP contribution is 2.33. The SMILES string of the molecule is CC1CCc2cc(F)ccc2N1Cc1ccc(F)cc1Cl. The van der Waals surface area contributed by atoms with Crippen LogP contribution in [0.4, 0.5) is 14.5 Å². The number of benzene rings is 2. The van der Waals surface area contributed by atoms with Gasteiger partial charge in [0.2, 0.25) is 0 Å². The van der Waals surface area contributed by atoms with E-state index in [4.69, 9.17) is 11.6 Å². The molecule has 0 N–H and O–H groups in total.